The van der Waals surface area contributed by atoms with E-state index in [2.05, 4.69) is 22.1 Å². The lowest BCUT2D eigenvalue weighted by Crippen LogP contribution is -2.22. The molecule has 7 nitrogen and oxygen atoms in total. The minimum atomic E-state index is -0.425. The van der Waals surface area contributed by atoms with E-state index in [9.17, 15) is 14.0 Å². The standard InChI is InChI=1S/C20H16FN5O2S/c1-2-10-25-18(28)15-8-3-4-9-16(15)26-19(25)23-24-20(26)29-12-17(27)22-14-7-5-6-13(21)11-14/h2-9,11H,1,10,12H2,(H,22,27). The van der Waals surface area contributed by atoms with Gasteiger partial charge < -0.3 is 5.32 Å². The number of amides is 1. The van der Waals surface area contributed by atoms with Crippen LogP contribution in [-0.2, 0) is 11.3 Å². The van der Waals surface area contributed by atoms with Crippen molar-refractivity contribution in [1.82, 2.24) is 19.2 Å². The number of hydrogen-bond acceptors (Lipinski definition) is 5. The average molecular weight is 409 g/mol. The molecule has 1 amide bonds. The molecule has 0 aliphatic heterocycles. The first-order chi connectivity index (χ1) is 14.1. The summed E-state index contributed by atoms with van der Waals surface area (Å²) >= 11 is 1.18. The summed E-state index contributed by atoms with van der Waals surface area (Å²) in [7, 11) is 0. The Morgan fingerprint density at radius 2 is 2.03 bits per heavy atom. The molecule has 0 aliphatic carbocycles. The van der Waals surface area contributed by atoms with Gasteiger partial charge in [0.1, 0.15) is 5.82 Å². The van der Waals surface area contributed by atoms with Crippen LogP contribution >= 0.6 is 11.8 Å². The Kier molecular flexibility index (Phi) is 5.13. The number of rotatable bonds is 6. The second kappa shape index (κ2) is 7.88. The number of allylic oxidation sites excluding steroid dienone is 1. The summed E-state index contributed by atoms with van der Waals surface area (Å²) in [6.07, 6.45) is 1.62. The Morgan fingerprint density at radius 1 is 1.21 bits per heavy atom. The van der Waals surface area contributed by atoms with E-state index in [4.69, 9.17) is 0 Å². The van der Waals surface area contributed by atoms with Crippen molar-refractivity contribution in [3.05, 3.63) is 77.4 Å². The van der Waals surface area contributed by atoms with Gasteiger partial charge in [-0.3, -0.25) is 18.6 Å². The van der Waals surface area contributed by atoms with E-state index in [-0.39, 0.29) is 23.8 Å². The molecule has 0 saturated carbocycles. The van der Waals surface area contributed by atoms with E-state index < -0.39 is 5.82 Å². The van der Waals surface area contributed by atoms with Crippen molar-refractivity contribution in [3.63, 3.8) is 0 Å². The van der Waals surface area contributed by atoms with Crippen LogP contribution in [0, 0.1) is 5.82 Å². The molecule has 0 bridgehead atoms. The van der Waals surface area contributed by atoms with E-state index in [0.717, 1.165) is 0 Å². The second-order valence-corrected chi connectivity index (χ2v) is 7.13. The van der Waals surface area contributed by atoms with Gasteiger partial charge in [0.05, 0.1) is 16.7 Å². The molecule has 146 valence electrons. The van der Waals surface area contributed by atoms with Gasteiger partial charge in [-0.1, -0.05) is 36.0 Å². The number of anilines is 1. The molecule has 0 radical (unpaired) electrons. The Morgan fingerprint density at radius 3 is 2.83 bits per heavy atom. The lowest BCUT2D eigenvalue weighted by atomic mass is 10.2. The van der Waals surface area contributed by atoms with Crippen LogP contribution in [0.4, 0.5) is 10.1 Å². The molecule has 29 heavy (non-hydrogen) atoms. The molecular formula is C20H16FN5O2S. The largest absolute Gasteiger partial charge is 0.325 e. The first kappa shape index (κ1) is 18.9. The van der Waals surface area contributed by atoms with Crippen LogP contribution in [0.5, 0.6) is 0 Å². The number of fused-ring (bicyclic) bond motifs is 3. The molecule has 0 aliphatic rings. The summed E-state index contributed by atoms with van der Waals surface area (Å²) in [6, 6.07) is 12.8. The molecule has 0 fully saturated rings. The Bertz CT molecular complexity index is 1300. The topological polar surface area (TPSA) is 81.3 Å². The quantitative estimate of drug-likeness (QED) is 0.391. The maximum absolute atomic E-state index is 13.3. The molecule has 0 unspecified atom stereocenters. The van der Waals surface area contributed by atoms with E-state index in [1.165, 1.54) is 34.5 Å². The zero-order chi connectivity index (χ0) is 20.4. The molecule has 4 aromatic rings. The van der Waals surface area contributed by atoms with Gasteiger partial charge in [0.15, 0.2) is 5.16 Å². The van der Waals surface area contributed by atoms with Crippen molar-refractivity contribution in [2.45, 2.75) is 11.7 Å². The number of thioether (sulfide) groups is 1. The Balaban J connectivity index is 1.67. The van der Waals surface area contributed by atoms with Gasteiger partial charge >= 0.3 is 0 Å². The summed E-state index contributed by atoms with van der Waals surface area (Å²) in [4.78, 5) is 25.0. The van der Waals surface area contributed by atoms with Crippen molar-refractivity contribution in [2.75, 3.05) is 11.1 Å². The fourth-order valence-corrected chi connectivity index (χ4v) is 3.75. The number of aromatic nitrogens is 4. The van der Waals surface area contributed by atoms with Crippen LogP contribution in [0.15, 0.2) is 71.1 Å². The van der Waals surface area contributed by atoms with Gasteiger partial charge in [0.25, 0.3) is 5.56 Å². The molecule has 2 heterocycles. The van der Waals surface area contributed by atoms with E-state index in [1.54, 1.807) is 28.7 Å². The van der Waals surface area contributed by atoms with Gasteiger partial charge in [-0.2, -0.15) is 0 Å². The smallest absolute Gasteiger partial charge is 0.263 e. The van der Waals surface area contributed by atoms with Gasteiger partial charge in [-0.05, 0) is 30.3 Å². The van der Waals surface area contributed by atoms with Gasteiger partial charge in [-0.25, -0.2) is 4.39 Å². The van der Waals surface area contributed by atoms with Crippen molar-refractivity contribution in [2.24, 2.45) is 0 Å². The van der Waals surface area contributed by atoms with E-state index in [0.29, 0.717) is 27.5 Å². The maximum Gasteiger partial charge on any atom is 0.263 e. The van der Waals surface area contributed by atoms with Crippen LogP contribution in [-0.4, -0.2) is 30.8 Å². The molecule has 2 aromatic carbocycles. The lowest BCUT2D eigenvalue weighted by Gasteiger charge is -2.09. The summed E-state index contributed by atoms with van der Waals surface area (Å²) < 4.78 is 16.5. The van der Waals surface area contributed by atoms with Gasteiger partial charge in [0.2, 0.25) is 11.7 Å². The highest BCUT2D eigenvalue weighted by Crippen LogP contribution is 2.22. The van der Waals surface area contributed by atoms with Crippen molar-refractivity contribution in [1.29, 1.82) is 0 Å². The van der Waals surface area contributed by atoms with Crippen molar-refractivity contribution < 1.29 is 9.18 Å². The van der Waals surface area contributed by atoms with Crippen LogP contribution < -0.4 is 10.9 Å². The zero-order valence-corrected chi connectivity index (χ0v) is 16.0. The molecule has 1 N–H and O–H groups in total. The number of para-hydroxylation sites is 1. The summed E-state index contributed by atoms with van der Waals surface area (Å²) in [6.45, 7) is 3.98. The van der Waals surface area contributed by atoms with Crippen molar-refractivity contribution in [3.8, 4) is 0 Å². The predicted molar refractivity (Wildman–Crippen MR) is 111 cm³/mol. The van der Waals surface area contributed by atoms with Crippen LogP contribution in [0.1, 0.15) is 0 Å². The van der Waals surface area contributed by atoms with Gasteiger partial charge in [0, 0.05) is 12.2 Å². The number of benzene rings is 2. The Hall–Kier alpha value is -3.46. The molecule has 2 aromatic heterocycles. The molecule has 9 heteroatoms. The fourth-order valence-electron chi connectivity index (χ4n) is 3.01. The highest BCUT2D eigenvalue weighted by atomic mass is 32.2. The third kappa shape index (κ3) is 3.64. The first-order valence-electron chi connectivity index (χ1n) is 8.74. The number of halogens is 1. The normalized spacial score (nSPS) is 11.1. The molecule has 0 atom stereocenters. The summed E-state index contributed by atoms with van der Waals surface area (Å²) in [5.74, 6) is -0.306. The first-order valence-corrected chi connectivity index (χ1v) is 9.73. The average Bonchev–Trinajstić information content (AvgIpc) is 3.13. The van der Waals surface area contributed by atoms with E-state index >= 15 is 0 Å². The van der Waals surface area contributed by atoms with Crippen LogP contribution in [0.2, 0.25) is 0 Å². The van der Waals surface area contributed by atoms with Crippen molar-refractivity contribution >= 4 is 40.0 Å². The molecule has 0 saturated heterocycles. The second-order valence-electron chi connectivity index (χ2n) is 6.19. The third-order valence-corrected chi connectivity index (χ3v) is 5.16. The Labute approximate surface area is 168 Å². The predicted octanol–water partition coefficient (Wildman–Crippen LogP) is 3.10. The number of hydrogen-bond donors (Lipinski definition) is 1. The maximum atomic E-state index is 13.3. The highest BCUT2D eigenvalue weighted by molar-refractivity contribution is 7.99. The van der Waals surface area contributed by atoms with E-state index in [1.807, 2.05) is 12.1 Å². The molecular weight excluding hydrogens is 393 g/mol. The lowest BCUT2D eigenvalue weighted by molar-refractivity contribution is -0.113. The van der Waals surface area contributed by atoms with Gasteiger partial charge in [-0.15, -0.1) is 16.8 Å². The fraction of sp³-hybridized carbons (Fsp3) is 0.100. The summed E-state index contributed by atoms with van der Waals surface area (Å²) in [5.41, 5.74) is 0.860. The van der Waals surface area contributed by atoms with Crippen LogP contribution in [0.25, 0.3) is 16.7 Å². The molecule has 0 spiro atoms. The number of carbonyl (C=O) groups excluding carboxylic acids is 1. The number of carbonyl (C=O) groups is 1. The number of nitrogens with one attached hydrogen (secondary N) is 1. The minimum absolute atomic E-state index is 0.0478. The summed E-state index contributed by atoms with van der Waals surface area (Å²) in [5, 5.41) is 12.0. The third-order valence-electron chi connectivity index (χ3n) is 4.23. The minimum Gasteiger partial charge on any atom is -0.325 e. The van der Waals surface area contributed by atoms with Crippen LogP contribution in [0.3, 0.4) is 0 Å². The zero-order valence-electron chi connectivity index (χ0n) is 15.2. The highest BCUT2D eigenvalue weighted by Gasteiger charge is 2.17. The number of nitrogens with zero attached hydrogens (tertiary/aromatic N) is 4. The molecule has 4 rings (SSSR count). The monoisotopic (exact) mass is 409 g/mol. The SMILES string of the molecule is C=CCn1c(=O)c2ccccc2n2c(SCC(=O)Nc3cccc(F)c3)nnc12.